The van der Waals surface area contributed by atoms with Crippen LogP contribution in [0.2, 0.25) is 0 Å². The smallest absolute Gasteiger partial charge is 0.333 e. The van der Waals surface area contributed by atoms with E-state index in [0.717, 1.165) is 22.3 Å². The third-order valence-corrected chi connectivity index (χ3v) is 13.2. The molecule has 65 heavy (non-hydrogen) atoms. The van der Waals surface area contributed by atoms with Gasteiger partial charge in [-0.1, -0.05) is 75.5 Å². The molecule has 0 fully saturated rings. The van der Waals surface area contributed by atoms with Gasteiger partial charge in [0, 0.05) is 64.0 Å². The summed E-state index contributed by atoms with van der Waals surface area (Å²) < 4.78 is 72.1. The summed E-state index contributed by atoms with van der Waals surface area (Å²) in [5, 5.41) is 0. The van der Waals surface area contributed by atoms with Crippen molar-refractivity contribution in [1.29, 1.82) is 0 Å². The third-order valence-electron chi connectivity index (χ3n) is 13.2. The Kier molecular flexibility index (Phi) is 16.7. The average molecular weight is 903 g/mol. The first kappa shape index (κ1) is 52.0. The van der Waals surface area contributed by atoms with Crippen LogP contribution < -0.4 is 0 Å². The van der Waals surface area contributed by atoms with Gasteiger partial charge in [0.05, 0.1) is 5.41 Å². The molecule has 6 unspecified atom stereocenters. The summed E-state index contributed by atoms with van der Waals surface area (Å²) in [5.41, 5.74) is -4.93. The predicted octanol–water partition coefficient (Wildman–Crippen LogP) is 9.53. The molecule has 0 amide bonds. The molecule has 0 N–H and O–H groups in total. The van der Waals surface area contributed by atoms with Crippen molar-refractivity contribution in [2.24, 2.45) is 0 Å². The van der Waals surface area contributed by atoms with Crippen molar-refractivity contribution in [3.8, 4) is 11.1 Å². The zero-order valence-electron chi connectivity index (χ0n) is 41.0. The van der Waals surface area contributed by atoms with E-state index in [-0.39, 0.29) is 76.8 Å². The van der Waals surface area contributed by atoms with Gasteiger partial charge in [-0.2, -0.15) is 0 Å². The van der Waals surface area contributed by atoms with E-state index in [1.807, 2.05) is 118 Å². The molecular weight excluding hydrogens is 829 g/mol. The van der Waals surface area contributed by atoms with Crippen molar-refractivity contribution in [3.05, 3.63) is 108 Å². The minimum atomic E-state index is -1.99. The van der Waals surface area contributed by atoms with Gasteiger partial charge in [-0.15, -0.1) is 0 Å². The lowest BCUT2D eigenvalue weighted by molar-refractivity contribution is -0.446. The van der Waals surface area contributed by atoms with E-state index in [2.05, 4.69) is 37.4 Å². The Hall–Kier alpha value is -3.98. The third kappa shape index (κ3) is 7.33. The van der Waals surface area contributed by atoms with Crippen molar-refractivity contribution < 1.29 is 57.0 Å². The topological polar surface area (TPSA) is 126 Å². The number of fused-ring (bicyclic) bond motifs is 3. The number of ether oxygens (including phenoxy) is 10. The molecule has 5 rings (SSSR count). The van der Waals surface area contributed by atoms with E-state index < -0.39 is 63.5 Å². The quantitative estimate of drug-likeness (QED) is 0.0431. The van der Waals surface area contributed by atoms with Crippen molar-refractivity contribution in [2.45, 2.75) is 148 Å². The molecule has 0 spiro atoms. The molecular formula is C53H74O12. The highest BCUT2D eigenvalue weighted by Crippen LogP contribution is 2.72. The molecule has 358 valence electrons. The summed E-state index contributed by atoms with van der Waals surface area (Å²) in [5.74, 6) is -5.20. The Morgan fingerprint density at radius 1 is 0.477 bits per heavy atom. The number of hydrogen-bond acceptors (Lipinski definition) is 12. The first-order valence-corrected chi connectivity index (χ1v) is 23.6. The van der Waals surface area contributed by atoms with E-state index >= 15 is 0 Å². The normalized spacial score (nSPS) is 28.0. The molecule has 0 saturated heterocycles. The van der Waals surface area contributed by atoms with Gasteiger partial charge in [-0.05, 0) is 129 Å². The van der Waals surface area contributed by atoms with E-state index in [1.165, 1.54) is 0 Å². The summed E-state index contributed by atoms with van der Waals surface area (Å²) in [4.78, 5) is 27.5. The Morgan fingerprint density at radius 3 is 1.06 bits per heavy atom. The standard InChI is InChI=1S/C53H74O12/c1-15-47(56-17-3)43(64-45(54)37(11)12)33-35-49(58-19-5,52(47,60-21-7)61-22-8)51(41-31-27-25-29-39(41)40-30-26-28-32-42(40)51)50(59-20-6)36-34-44(65-46(55)38(13)14)48(16-2,57-18-4)53(50,62-23-9)63-24-10/h25-36,43-44H,11,13,15-24H2,1-10,12,14H3. The monoisotopic (exact) mass is 903 g/mol. The Bertz CT molecular complexity index is 1920. The number of rotatable bonds is 24. The Balaban J connectivity index is 2.26. The van der Waals surface area contributed by atoms with Crippen LogP contribution in [0.15, 0.2) is 97.1 Å². The molecule has 2 aromatic carbocycles. The molecule has 0 aliphatic heterocycles. The van der Waals surface area contributed by atoms with Gasteiger partial charge < -0.3 is 47.4 Å². The number of esters is 2. The van der Waals surface area contributed by atoms with Crippen LogP contribution in [0.5, 0.6) is 0 Å². The van der Waals surface area contributed by atoms with Gasteiger partial charge in [0.15, 0.2) is 34.6 Å². The maximum absolute atomic E-state index is 13.8. The highest BCUT2D eigenvalue weighted by atomic mass is 16.8. The van der Waals surface area contributed by atoms with Crippen LogP contribution in [-0.4, -0.2) is 111 Å². The van der Waals surface area contributed by atoms with E-state index in [1.54, 1.807) is 13.8 Å². The van der Waals surface area contributed by atoms with Gasteiger partial charge in [-0.3, -0.25) is 0 Å². The molecule has 0 bridgehead atoms. The second kappa shape index (κ2) is 20.9. The minimum Gasteiger partial charge on any atom is -0.451 e. The van der Waals surface area contributed by atoms with Gasteiger partial charge >= 0.3 is 11.9 Å². The summed E-state index contributed by atoms with van der Waals surface area (Å²) in [6.07, 6.45) is 5.77. The second-order valence-corrected chi connectivity index (χ2v) is 16.4. The summed E-state index contributed by atoms with van der Waals surface area (Å²) >= 11 is 0. The highest BCUT2D eigenvalue weighted by molar-refractivity contribution is 5.88. The second-order valence-electron chi connectivity index (χ2n) is 16.4. The largest absolute Gasteiger partial charge is 0.451 e. The fourth-order valence-electron chi connectivity index (χ4n) is 11.4. The van der Waals surface area contributed by atoms with Gasteiger partial charge in [0.1, 0.15) is 0 Å². The number of benzene rings is 2. The SMILES string of the molecule is C=C(C)C(=O)OC1C=CC(OCC)(C2(C3(OCC)C=CC(OC(=O)C(=C)C)C(CC)(OCC)C3(OCC)OCC)c3ccccc3-c3ccccc32)C(OCC)(OCC)C1(CC)OCC. The maximum atomic E-state index is 13.8. The predicted molar refractivity (Wildman–Crippen MR) is 250 cm³/mol. The number of carbonyl (C=O) groups is 2. The van der Waals surface area contributed by atoms with Crippen LogP contribution in [0, 0.1) is 0 Å². The van der Waals surface area contributed by atoms with Gasteiger partial charge in [0.25, 0.3) is 0 Å². The fraction of sp³-hybridized carbons (Fsp3) is 0.585. The lowest BCUT2D eigenvalue weighted by Gasteiger charge is -2.71. The number of hydrogen-bond donors (Lipinski definition) is 0. The highest BCUT2D eigenvalue weighted by Gasteiger charge is 2.88. The summed E-state index contributed by atoms with van der Waals surface area (Å²) in [6, 6.07) is 16.3. The van der Waals surface area contributed by atoms with E-state index in [4.69, 9.17) is 47.4 Å². The average Bonchev–Trinajstić information content (AvgIpc) is 3.60. The molecule has 12 heteroatoms. The molecule has 2 aromatic rings. The first-order chi connectivity index (χ1) is 31.2. The van der Waals surface area contributed by atoms with Crippen molar-refractivity contribution in [2.75, 3.05) is 52.9 Å². The van der Waals surface area contributed by atoms with Crippen LogP contribution in [0.3, 0.4) is 0 Å². The van der Waals surface area contributed by atoms with E-state index in [0.29, 0.717) is 0 Å². The first-order valence-electron chi connectivity index (χ1n) is 23.6. The zero-order valence-corrected chi connectivity index (χ0v) is 41.0. The molecule has 0 radical (unpaired) electrons. The van der Waals surface area contributed by atoms with Crippen molar-refractivity contribution >= 4 is 11.9 Å². The zero-order chi connectivity index (χ0) is 47.9. The minimum absolute atomic E-state index is 0.105. The summed E-state index contributed by atoms with van der Waals surface area (Å²) in [7, 11) is 0. The summed E-state index contributed by atoms with van der Waals surface area (Å²) in [6.45, 7) is 31.2. The van der Waals surface area contributed by atoms with Gasteiger partial charge in [0.2, 0.25) is 11.6 Å². The molecule has 0 aromatic heterocycles. The van der Waals surface area contributed by atoms with Crippen LogP contribution >= 0.6 is 0 Å². The molecule has 6 atom stereocenters. The van der Waals surface area contributed by atoms with Crippen LogP contribution in [0.1, 0.15) is 107 Å². The molecule has 0 heterocycles. The van der Waals surface area contributed by atoms with Gasteiger partial charge in [-0.25, -0.2) is 9.59 Å². The van der Waals surface area contributed by atoms with Crippen LogP contribution in [-0.2, 0) is 62.4 Å². The van der Waals surface area contributed by atoms with Crippen LogP contribution in [0.25, 0.3) is 11.1 Å². The Labute approximate surface area is 387 Å². The van der Waals surface area contributed by atoms with Crippen molar-refractivity contribution in [3.63, 3.8) is 0 Å². The molecule has 0 saturated carbocycles. The lowest BCUT2D eigenvalue weighted by Crippen LogP contribution is -2.89. The van der Waals surface area contributed by atoms with E-state index in [9.17, 15) is 9.59 Å². The van der Waals surface area contributed by atoms with Crippen LogP contribution in [0.4, 0.5) is 0 Å². The number of carbonyl (C=O) groups excluding carboxylic acids is 2. The molecule has 12 nitrogen and oxygen atoms in total. The van der Waals surface area contributed by atoms with Crippen molar-refractivity contribution in [1.82, 2.24) is 0 Å². The fourth-order valence-corrected chi connectivity index (χ4v) is 11.4. The lowest BCUT2D eigenvalue weighted by atomic mass is 9.45. The maximum Gasteiger partial charge on any atom is 0.333 e. The molecule has 3 aliphatic rings. The molecule has 3 aliphatic carbocycles. The Morgan fingerprint density at radius 2 is 0.785 bits per heavy atom.